The SMILES string of the molecule is CCOC(=O)c1ccc2c(c1)OC(C)C(=O)N2C. The van der Waals surface area contributed by atoms with Crippen LogP contribution in [0.15, 0.2) is 18.2 Å². The van der Waals surface area contributed by atoms with Crippen LogP contribution < -0.4 is 9.64 Å². The van der Waals surface area contributed by atoms with Crippen LogP contribution in [0.3, 0.4) is 0 Å². The van der Waals surface area contributed by atoms with Gasteiger partial charge >= 0.3 is 5.97 Å². The number of nitrogens with zero attached hydrogens (tertiary/aromatic N) is 1. The number of fused-ring (bicyclic) bond motifs is 1. The lowest BCUT2D eigenvalue weighted by molar-refractivity contribution is -0.125. The topological polar surface area (TPSA) is 55.8 Å². The lowest BCUT2D eigenvalue weighted by atomic mass is 10.1. The second-order valence-corrected chi connectivity index (χ2v) is 4.06. The van der Waals surface area contributed by atoms with Crippen molar-refractivity contribution in [3.8, 4) is 5.75 Å². The molecule has 18 heavy (non-hydrogen) atoms. The van der Waals surface area contributed by atoms with Gasteiger partial charge in [-0.05, 0) is 32.0 Å². The summed E-state index contributed by atoms with van der Waals surface area (Å²) >= 11 is 0. The summed E-state index contributed by atoms with van der Waals surface area (Å²) < 4.78 is 10.4. The number of hydrogen-bond donors (Lipinski definition) is 0. The zero-order valence-corrected chi connectivity index (χ0v) is 10.6. The molecule has 1 amide bonds. The molecule has 5 heteroatoms. The number of carbonyl (C=O) groups is 2. The van der Waals surface area contributed by atoms with E-state index in [1.54, 1.807) is 39.1 Å². The molecular weight excluding hydrogens is 234 g/mol. The summed E-state index contributed by atoms with van der Waals surface area (Å²) in [6.07, 6.45) is -0.542. The molecule has 1 aliphatic heterocycles. The second-order valence-electron chi connectivity index (χ2n) is 4.06. The molecule has 5 nitrogen and oxygen atoms in total. The number of benzene rings is 1. The number of carbonyl (C=O) groups excluding carboxylic acids is 2. The zero-order chi connectivity index (χ0) is 13.3. The number of anilines is 1. The minimum Gasteiger partial charge on any atom is -0.479 e. The largest absolute Gasteiger partial charge is 0.479 e. The van der Waals surface area contributed by atoms with Crippen LogP contribution in [-0.2, 0) is 9.53 Å². The third kappa shape index (κ3) is 2.03. The Balaban J connectivity index is 2.36. The average molecular weight is 249 g/mol. The third-order valence-corrected chi connectivity index (χ3v) is 2.81. The van der Waals surface area contributed by atoms with Crippen molar-refractivity contribution in [3.63, 3.8) is 0 Å². The van der Waals surface area contributed by atoms with E-state index < -0.39 is 12.1 Å². The second kappa shape index (κ2) is 4.68. The highest BCUT2D eigenvalue weighted by Gasteiger charge is 2.29. The minimum absolute atomic E-state index is 0.105. The molecule has 0 aromatic heterocycles. The maximum Gasteiger partial charge on any atom is 0.338 e. The highest BCUT2D eigenvalue weighted by atomic mass is 16.5. The van der Waals surface area contributed by atoms with Crippen LogP contribution in [0.1, 0.15) is 24.2 Å². The van der Waals surface area contributed by atoms with Crippen molar-refractivity contribution >= 4 is 17.6 Å². The van der Waals surface area contributed by atoms with Gasteiger partial charge in [0.05, 0.1) is 17.9 Å². The van der Waals surface area contributed by atoms with Crippen molar-refractivity contribution in [2.24, 2.45) is 0 Å². The average Bonchev–Trinajstić information content (AvgIpc) is 2.36. The van der Waals surface area contributed by atoms with Crippen LogP contribution in [0.25, 0.3) is 0 Å². The van der Waals surface area contributed by atoms with E-state index in [2.05, 4.69) is 0 Å². The highest BCUT2D eigenvalue weighted by Crippen LogP contribution is 2.34. The molecule has 0 saturated carbocycles. The summed E-state index contributed by atoms with van der Waals surface area (Å²) in [5, 5.41) is 0. The minimum atomic E-state index is -0.542. The molecule has 0 bridgehead atoms. The monoisotopic (exact) mass is 249 g/mol. The number of amides is 1. The molecular formula is C13H15NO4. The summed E-state index contributed by atoms with van der Waals surface area (Å²) in [5.74, 6) is 0.0256. The van der Waals surface area contributed by atoms with Gasteiger partial charge in [0.15, 0.2) is 6.10 Å². The third-order valence-electron chi connectivity index (χ3n) is 2.81. The first kappa shape index (κ1) is 12.4. The zero-order valence-electron chi connectivity index (χ0n) is 10.6. The first-order valence-electron chi connectivity index (χ1n) is 5.80. The molecule has 1 aromatic carbocycles. The molecule has 1 atom stereocenters. The lowest BCUT2D eigenvalue weighted by Crippen LogP contribution is -2.42. The Labute approximate surface area is 105 Å². The van der Waals surface area contributed by atoms with Gasteiger partial charge in [-0.25, -0.2) is 4.79 Å². The predicted octanol–water partition coefficient (Wildman–Crippen LogP) is 1.61. The molecule has 1 aromatic rings. The van der Waals surface area contributed by atoms with Gasteiger partial charge in [-0.2, -0.15) is 0 Å². The molecule has 0 aliphatic carbocycles. The van der Waals surface area contributed by atoms with Gasteiger partial charge in [-0.3, -0.25) is 4.79 Å². The van der Waals surface area contributed by atoms with Crippen molar-refractivity contribution in [1.82, 2.24) is 0 Å². The molecule has 96 valence electrons. The number of esters is 1. The fraction of sp³-hybridized carbons (Fsp3) is 0.385. The smallest absolute Gasteiger partial charge is 0.338 e. The maximum absolute atomic E-state index is 11.7. The first-order chi connectivity index (χ1) is 8.54. The van der Waals surface area contributed by atoms with Crippen molar-refractivity contribution in [2.75, 3.05) is 18.6 Å². The Morgan fingerprint density at radius 3 is 2.89 bits per heavy atom. The van der Waals surface area contributed by atoms with Crippen LogP contribution in [0.5, 0.6) is 5.75 Å². The van der Waals surface area contributed by atoms with E-state index in [9.17, 15) is 9.59 Å². The Bertz CT molecular complexity index is 498. The summed E-state index contributed by atoms with van der Waals surface area (Å²) in [5.41, 5.74) is 1.08. The Morgan fingerprint density at radius 1 is 1.50 bits per heavy atom. The maximum atomic E-state index is 11.7. The van der Waals surface area contributed by atoms with Crippen molar-refractivity contribution in [1.29, 1.82) is 0 Å². The van der Waals surface area contributed by atoms with Crippen molar-refractivity contribution in [3.05, 3.63) is 23.8 Å². The van der Waals surface area contributed by atoms with Gasteiger partial charge in [-0.15, -0.1) is 0 Å². The summed E-state index contributed by atoms with van der Waals surface area (Å²) in [6, 6.07) is 4.91. The summed E-state index contributed by atoms with van der Waals surface area (Å²) in [6.45, 7) is 3.76. The number of likely N-dealkylation sites (N-methyl/N-ethyl adjacent to an activating group) is 1. The molecule has 0 saturated heterocycles. The molecule has 2 rings (SSSR count). The van der Waals surface area contributed by atoms with Crippen molar-refractivity contribution < 1.29 is 19.1 Å². The Hall–Kier alpha value is -2.04. The van der Waals surface area contributed by atoms with Gasteiger partial charge in [0.1, 0.15) is 5.75 Å². The van der Waals surface area contributed by atoms with Gasteiger partial charge in [-0.1, -0.05) is 0 Å². The molecule has 0 spiro atoms. The van der Waals surface area contributed by atoms with E-state index in [1.165, 1.54) is 4.90 Å². The fourth-order valence-corrected chi connectivity index (χ4v) is 1.86. The van der Waals surface area contributed by atoms with Crippen molar-refractivity contribution in [2.45, 2.75) is 20.0 Å². The Kier molecular flexibility index (Phi) is 3.23. The standard InChI is InChI=1S/C13H15NO4/c1-4-17-13(16)9-5-6-10-11(7-9)18-8(2)12(15)14(10)3/h5-8H,4H2,1-3H3. The van der Waals surface area contributed by atoms with Gasteiger partial charge < -0.3 is 14.4 Å². The van der Waals surface area contributed by atoms with Gasteiger partial charge in [0.25, 0.3) is 5.91 Å². The molecule has 1 unspecified atom stereocenters. The van der Waals surface area contributed by atoms with E-state index in [0.29, 0.717) is 23.6 Å². The molecule has 1 heterocycles. The first-order valence-corrected chi connectivity index (χ1v) is 5.80. The van der Waals surface area contributed by atoms with Crippen LogP contribution in [0.4, 0.5) is 5.69 Å². The molecule has 0 radical (unpaired) electrons. The van der Waals surface area contributed by atoms with Crippen LogP contribution >= 0.6 is 0 Å². The van der Waals surface area contributed by atoms with E-state index in [1.807, 2.05) is 0 Å². The van der Waals surface area contributed by atoms with Crippen LogP contribution in [-0.4, -0.2) is 31.6 Å². The number of hydrogen-bond acceptors (Lipinski definition) is 4. The molecule has 0 N–H and O–H groups in total. The predicted molar refractivity (Wildman–Crippen MR) is 65.9 cm³/mol. The van der Waals surface area contributed by atoms with Crippen LogP contribution in [0.2, 0.25) is 0 Å². The molecule has 1 aliphatic rings. The fourth-order valence-electron chi connectivity index (χ4n) is 1.86. The number of ether oxygens (including phenoxy) is 2. The number of rotatable bonds is 2. The highest BCUT2D eigenvalue weighted by molar-refractivity contribution is 6.00. The van der Waals surface area contributed by atoms with Gasteiger partial charge in [0.2, 0.25) is 0 Å². The molecule has 0 fully saturated rings. The van der Waals surface area contributed by atoms with Crippen LogP contribution in [0, 0.1) is 0 Å². The quantitative estimate of drug-likeness (QED) is 0.747. The normalized spacial score (nSPS) is 18.1. The van der Waals surface area contributed by atoms with Gasteiger partial charge in [0, 0.05) is 7.05 Å². The van der Waals surface area contributed by atoms with E-state index in [4.69, 9.17) is 9.47 Å². The lowest BCUT2D eigenvalue weighted by Gasteiger charge is -2.30. The summed E-state index contributed by atoms with van der Waals surface area (Å²) in [4.78, 5) is 24.8. The van der Waals surface area contributed by atoms with E-state index in [0.717, 1.165) is 0 Å². The van der Waals surface area contributed by atoms with E-state index in [-0.39, 0.29) is 5.91 Å². The van der Waals surface area contributed by atoms with E-state index >= 15 is 0 Å². The Morgan fingerprint density at radius 2 is 2.22 bits per heavy atom. The summed E-state index contributed by atoms with van der Waals surface area (Å²) in [7, 11) is 1.68.